The zero-order chi connectivity index (χ0) is 13.0. The van der Waals surface area contributed by atoms with E-state index in [9.17, 15) is 0 Å². The summed E-state index contributed by atoms with van der Waals surface area (Å²) in [5, 5.41) is 3.19. The number of nitrogen functional groups attached to an aromatic ring is 1. The fourth-order valence-electron chi connectivity index (χ4n) is 1.60. The zero-order valence-corrected chi connectivity index (χ0v) is 10.3. The Kier molecular flexibility index (Phi) is 3.59. The first kappa shape index (κ1) is 12.1. The van der Waals surface area contributed by atoms with Crippen molar-refractivity contribution in [3.63, 3.8) is 0 Å². The number of nitrogens with zero attached hydrogens (tertiary/aromatic N) is 2. The molecule has 0 aliphatic heterocycles. The van der Waals surface area contributed by atoms with Crippen LogP contribution in [0.3, 0.4) is 0 Å². The second-order valence-electron chi connectivity index (χ2n) is 3.67. The van der Waals surface area contributed by atoms with Crippen molar-refractivity contribution in [1.82, 2.24) is 9.97 Å². The number of methoxy groups -OCH3 is 1. The van der Waals surface area contributed by atoms with E-state index >= 15 is 0 Å². The van der Waals surface area contributed by atoms with Crippen molar-refractivity contribution >= 4 is 17.3 Å². The van der Waals surface area contributed by atoms with E-state index in [0.717, 1.165) is 17.0 Å². The highest BCUT2D eigenvalue weighted by molar-refractivity contribution is 5.68. The molecule has 0 fully saturated rings. The summed E-state index contributed by atoms with van der Waals surface area (Å²) >= 11 is 0. The third kappa shape index (κ3) is 2.33. The minimum atomic E-state index is 0.586. The minimum absolute atomic E-state index is 0.586. The van der Waals surface area contributed by atoms with Gasteiger partial charge in [0, 0.05) is 5.56 Å². The second-order valence-corrected chi connectivity index (χ2v) is 3.67. The summed E-state index contributed by atoms with van der Waals surface area (Å²) in [5.41, 5.74) is 4.20. The third-order valence-electron chi connectivity index (χ3n) is 2.58. The van der Waals surface area contributed by atoms with Crippen LogP contribution in [0.15, 0.2) is 30.6 Å². The Morgan fingerprint density at radius 2 is 1.89 bits per heavy atom. The van der Waals surface area contributed by atoms with E-state index in [0.29, 0.717) is 11.6 Å². The van der Waals surface area contributed by atoms with Crippen molar-refractivity contribution in [3.8, 4) is 5.75 Å². The smallest absolute Gasteiger partial charge is 0.148 e. The summed E-state index contributed by atoms with van der Waals surface area (Å²) in [5.74, 6) is 7.39. The third-order valence-corrected chi connectivity index (χ3v) is 2.58. The molecular formula is C12H15N5O. The number of rotatable bonds is 4. The molecule has 0 saturated carbocycles. The highest BCUT2D eigenvalue weighted by atomic mass is 16.5. The number of aromatic nitrogens is 2. The van der Waals surface area contributed by atoms with Gasteiger partial charge in [-0.3, -0.25) is 0 Å². The lowest BCUT2D eigenvalue weighted by atomic mass is 10.2. The maximum absolute atomic E-state index is 5.38. The van der Waals surface area contributed by atoms with Gasteiger partial charge < -0.3 is 15.5 Å². The van der Waals surface area contributed by atoms with Crippen molar-refractivity contribution in [1.29, 1.82) is 0 Å². The van der Waals surface area contributed by atoms with Gasteiger partial charge in [0.2, 0.25) is 0 Å². The first-order chi connectivity index (χ1) is 8.76. The Morgan fingerprint density at radius 1 is 1.17 bits per heavy atom. The van der Waals surface area contributed by atoms with E-state index in [2.05, 4.69) is 20.7 Å². The molecule has 0 spiro atoms. The average molecular weight is 245 g/mol. The second kappa shape index (κ2) is 5.33. The van der Waals surface area contributed by atoms with Crippen molar-refractivity contribution in [2.24, 2.45) is 5.84 Å². The monoisotopic (exact) mass is 245 g/mol. The van der Waals surface area contributed by atoms with Gasteiger partial charge in [-0.15, -0.1) is 0 Å². The van der Waals surface area contributed by atoms with Crippen LogP contribution in [0.2, 0.25) is 0 Å². The summed E-state index contributed by atoms with van der Waals surface area (Å²) in [6, 6.07) is 7.62. The number of benzene rings is 1. The largest absolute Gasteiger partial charge is 0.495 e. The lowest BCUT2D eigenvalue weighted by Crippen LogP contribution is -2.11. The van der Waals surface area contributed by atoms with E-state index in [1.54, 1.807) is 7.11 Å². The predicted molar refractivity (Wildman–Crippen MR) is 70.9 cm³/mol. The normalized spacial score (nSPS) is 9.94. The van der Waals surface area contributed by atoms with Crippen molar-refractivity contribution in [2.45, 2.75) is 6.92 Å². The predicted octanol–water partition coefficient (Wildman–Crippen LogP) is 1.82. The molecule has 0 unspecified atom stereocenters. The molecule has 4 N–H and O–H groups in total. The molecule has 0 bridgehead atoms. The summed E-state index contributed by atoms with van der Waals surface area (Å²) in [6.45, 7) is 1.88. The molecule has 6 nitrogen and oxygen atoms in total. The van der Waals surface area contributed by atoms with Crippen molar-refractivity contribution in [2.75, 3.05) is 17.9 Å². The molecule has 2 rings (SSSR count). The first-order valence-corrected chi connectivity index (χ1v) is 5.44. The molecule has 0 saturated heterocycles. The van der Waals surface area contributed by atoms with Gasteiger partial charge in [-0.25, -0.2) is 15.8 Å². The van der Waals surface area contributed by atoms with Crippen LogP contribution < -0.4 is 21.3 Å². The fraction of sp³-hybridized carbons (Fsp3) is 0.167. The number of nitrogens with two attached hydrogens (primary N) is 1. The van der Waals surface area contributed by atoms with Gasteiger partial charge in [-0.1, -0.05) is 12.1 Å². The van der Waals surface area contributed by atoms with Gasteiger partial charge >= 0.3 is 0 Å². The van der Waals surface area contributed by atoms with Crippen LogP contribution in [0.1, 0.15) is 5.56 Å². The molecule has 18 heavy (non-hydrogen) atoms. The number of hydrogen-bond acceptors (Lipinski definition) is 6. The maximum atomic E-state index is 5.38. The van der Waals surface area contributed by atoms with Crippen LogP contribution >= 0.6 is 0 Å². The molecule has 0 atom stereocenters. The van der Waals surface area contributed by atoms with Gasteiger partial charge in [0.15, 0.2) is 0 Å². The first-order valence-electron chi connectivity index (χ1n) is 5.44. The Bertz CT molecular complexity index is 544. The Labute approximate surface area is 105 Å². The topological polar surface area (TPSA) is 85.1 Å². The van der Waals surface area contributed by atoms with Gasteiger partial charge in [0.1, 0.15) is 23.7 Å². The molecule has 0 aliphatic carbocycles. The Hall–Kier alpha value is -2.34. The van der Waals surface area contributed by atoms with Crippen molar-refractivity contribution in [3.05, 3.63) is 36.2 Å². The lowest BCUT2D eigenvalue weighted by molar-refractivity contribution is 0.417. The van der Waals surface area contributed by atoms with Crippen LogP contribution in [0, 0.1) is 6.92 Å². The van der Waals surface area contributed by atoms with Crippen molar-refractivity contribution < 1.29 is 4.74 Å². The summed E-state index contributed by atoms with van der Waals surface area (Å²) in [4.78, 5) is 8.21. The van der Waals surface area contributed by atoms with E-state index in [1.165, 1.54) is 6.33 Å². The van der Waals surface area contributed by atoms with Gasteiger partial charge in [-0.2, -0.15) is 0 Å². The van der Waals surface area contributed by atoms with Gasteiger partial charge in [0.05, 0.1) is 12.8 Å². The zero-order valence-electron chi connectivity index (χ0n) is 10.3. The molecular weight excluding hydrogens is 230 g/mol. The van der Waals surface area contributed by atoms with E-state index in [4.69, 9.17) is 10.6 Å². The molecule has 0 radical (unpaired) electrons. The molecule has 0 amide bonds. The number of ether oxygens (including phenoxy) is 1. The van der Waals surface area contributed by atoms with Crippen LogP contribution in [0.4, 0.5) is 17.3 Å². The quantitative estimate of drug-likeness (QED) is 0.563. The van der Waals surface area contributed by atoms with Crippen LogP contribution in [0.5, 0.6) is 5.75 Å². The number of anilines is 3. The van der Waals surface area contributed by atoms with Gasteiger partial charge in [0.25, 0.3) is 0 Å². The highest BCUT2D eigenvalue weighted by Gasteiger charge is 2.08. The summed E-state index contributed by atoms with van der Waals surface area (Å²) in [6.07, 6.45) is 1.44. The van der Waals surface area contributed by atoms with E-state index < -0.39 is 0 Å². The molecule has 1 heterocycles. The van der Waals surface area contributed by atoms with E-state index in [-0.39, 0.29) is 0 Å². The number of nitrogens with one attached hydrogen (secondary N) is 2. The minimum Gasteiger partial charge on any atom is -0.495 e. The van der Waals surface area contributed by atoms with Crippen LogP contribution in [0.25, 0.3) is 0 Å². The fourth-order valence-corrected chi connectivity index (χ4v) is 1.60. The van der Waals surface area contributed by atoms with Gasteiger partial charge in [-0.05, 0) is 19.1 Å². The molecule has 2 aromatic rings. The number of hydrazine groups is 1. The molecule has 0 aliphatic rings. The average Bonchev–Trinajstić information content (AvgIpc) is 2.42. The summed E-state index contributed by atoms with van der Waals surface area (Å²) in [7, 11) is 1.63. The molecule has 6 heteroatoms. The number of hydrogen-bond donors (Lipinski definition) is 3. The van der Waals surface area contributed by atoms with E-state index in [1.807, 2.05) is 31.2 Å². The Morgan fingerprint density at radius 3 is 2.61 bits per heavy atom. The number of para-hydroxylation sites is 2. The highest BCUT2D eigenvalue weighted by Crippen LogP contribution is 2.28. The van der Waals surface area contributed by atoms with Crippen LogP contribution in [-0.2, 0) is 0 Å². The molecule has 1 aromatic carbocycles. The lowest BCUT2D eigenvalue weighted by Gasteiger charge is -2.13. The molecule has 94 valence electrons. The Balaban J connectivity index is 2.34. The van der Waals surface area contributed by atoms with Crippen LogP contribution in [-0.4, -0.2) is 17.1 Å². The SMILES string of the molecule is COc1ccccc1Nc1ncnc(NN)c1C. The summed E-state index contributed by atoms with van der Waals surface area (Å²) < 4.78 is 5.27. The maximum Gasteiger partial charge on any atom is 0.148 e. The molecule has 1 aromatic heterocycles. The standard InChI is InChI=1S/C12H15N5O/c1-8-11(14-7-15-12(8)17-13)16-9-5-3-4-6-10(9)18-2/h3-7H,13H2,1-2H3,(H2,14,15,16,17).